The fraction of sp³-hybridized carbons (Fsp3) is 0.367. The first kappa shape index (κ1) is 28.3. The van der Waals surface area contributed by atoms with Crippen LogP contribution in [0.15, 0.2) is 42.6 Å². The topological polar surface area (TPSA) is 115 Å². The summed E-state index contributed by atoms with van der Waals surface area (Å²) in [6, 6.07) is 7.83. The van der Waals surface area contributed by atoms with Gasteiger partial charge in [0.25, 0.3) is 5.91 Å². The smallest absolute Gasteiger partial charge is 0.412 e. The molecule has 0 radical (unpaired) electrons. The zero-order valence-corrected chi connectivity index (χ0v) is 22.9. The molecule has 1 aromatic heterocycles. The van der Waals surface area contributed by atoms with E-state index in [0.29, 0.717) is 28.7 Å². The van der Waals surface area contributed by atoms with Crippen molar-refractivity contribution in [3.05, 3.63) is 71.1 Å². The Morgan fingerprint density at radius 3 is 2.51 bits per heavy atom. The van der Waals surface area contributed by atoms with Crippen molar-refractivity contribution in [2.24, 2.45) is 0 Å². The maximum atomic E-state index is 13.8. The molecular weight excluding hydrogens is 534 g/mol. The molecule has 5 rings (SSSR count). The van der Waals surface area contributed by atoms with Crippen molar-refractivity contribution in [3.8, 4) is 5.75 Å². The number of piperidine rings is 1. The molecule has 3 aromatic rings. The number of carboxylic acids is 1. The van der Waals surface area contributed by atoms with Gasteiger partial charge >= 0.3 is 12.1 Å². The fourth-order valence-electron chi connectivity index (χ4n) is 5.65. The van der Waals surface area contributed by atoms with Crippen LogP contribution in [0, 0.1) is 11.6 Å². The molecule has 1 saturated heterocycles. The number of fused-ring (bicyclic) bond motifs is 3. The molecule has 3 N–H and O–H groups in total. The molecule has 1 fully saturated rings. The number of aliphatic carboxylic acids is 1. The molecule has 41 heavy (non-hydrogen) atoms. The summed E-state index contributed by atoms with van der Waals surface area (Å²) >= 11 is 0. The summed E-state index contributed by atoms with van der Waals surface area (Å²) < 4.78 is 32.8. The van der Waals surface area contributed by atoms with Crippen LogP contribution in [-0.4, -0.2) is 70.6 Å². The van der Waals surface area contributed by atoms with Crippen molar-refractivity contribution in [2.75, 3.05) is 32.7 Å². The molecule has 2 aliphatic rings. The van der Waals surface area contributed by atoms with Gasteiger partial charge in [-0.05, 0) is 61.8 Å². The van der Waals surface area contributed by atoms with E-state index >= 15 is 0 Å². The number of H-pyrrole nitrogens is 1. The van der Waals surface area contributed by atoms with Gasteiger partial charge in [-0.25, -0.2) is 18.4 Å². The van der Waals surface area contributed by atoms with Crippen molar-refractivity contribution in [3.63, 3.8) is 0 Å². The molecule has 0 bridgehead atoms. The summed E-state index contributed by atoms with van der Waals surface area (Å²) in [5.74, 6) is -3.90. The number of halogens is 2. The van der Waals surface area contributed by atoms with Crippen LogP contribution in [-0.2, 0) is 10.2 Å². The van der Waals surface area contributed by atoms with E-state index in [9.17, 15) is 28.3 Å². The number of amides is 2. The van der Waals surface area contributed by atoms with E-state index in [-0.39, 0.29) is 23.4 Å². The first-order valence-corrected chi connectivity index (χ1v) is 13.6. The summed E-state index contributed by atoms with van der Waals surface area (Å²) in [4.78, 5) is 44.7. The molecule has 0 atom stereocenters. The molecule has 0 aliphatic carbocycles. The Balaban J connectivity index is 1.39. The SMILES string of the molecule is CC1(C)CN(C(=O)c2ccc(F)c(F)c2)C=C(C(=O)O)c2[nH]c3cc(OC(=O)NCCN4CCCCC4)ccc3c21. The average molecular weight is 567 g/mol. The number of rotatable bonds is 6. The van der Waals surface area contributed by atoms with Crippen molar-refractivity contribution >= 4 is 34.4 Å². The maximum Gasteiger partial charge on any atom is 0.412 e. The molecular formula is C30H32F2N4O5. The number of aromatic amines is 1. The van der Waals surface area contributed by atoms with Gasteiger partial charge in [-0.1, -0.05) is 20.3 Å². The monoisotopic (exact) mass is 566 g/mol. The van der Waals surface area contributed by atoms with E-state index in [1.54, 1.807) is 18.2 Å². The molecule has 2 aliphatic heterocycles. The number of likely N-dealkylation sites (tertiary alicyclic amines) is 1. The number of nitrogens with zero attached hydrogens (tertiary/aromatic N) is 2. The first-order valence-electron chi connectivity index (χ1n) is 13.6. The maximum absolute atomic E-state index is 13.8. The van der Waals surface area contributed by atoms with Crippen molar-refractivity contribution in [1.29, 1.82) is 0 Å². The van der Waals surface area contributed by atoms with Crippen LogP contribution in [0.3, 0.4) is 0 Å². The summed E-state index contributed by atoms with van der Waals surface area (Å²) in [6.45, 7) is 7.09. The third-order valence-electron chi connectivity index (χ3n) is 7.58. The van der Waals surface area contributed by atoms with Crippen LogP contribution in [0.5, 0.6) is 5.75 Å². The van der Waals surface area contributed by atoms with Gasteiger partial charge < -0.3 is 29.9 Å². The second-order valence-electron chi connectivity index (χ2n) is 11.1. The molecule has 2 aromatic carbocycles. The zero-order chi connectivity index (χ0) is 29.3. The van der Waals surface area contributed by atoms with Gasteiger partial charge in [-0.2, -0.15) is 0 Å². The van der Waals surface area contributed by atoms with Gasteiger partial charge in [-0.15, -0.1) is 0 Å². The Morgan fingerprint density at radius 2 is 1.80 bits per heavy atom. The molecule has 3 heterocycles. The third-order valence-corrected chi connectivity index (χ3v) is 7.58. The fourth-order valence-corrected chi connectivity index (χ4v) is 5.65. The van der Waals surface area contributed by atoms with Crippen molar-refractivity contribution < 1.29 is 33.0 Å². The quantitative estimate of drug-likeness (QED) is 0.392. The highest BCUT2D eigenvalue weighted by atomic mass is 19.2. The first-order chi connectivity index (χ1) is 19.5. The molecule has 2 amide bonds. The van der Waals surface area contributed by atoms with Crippen LogP contribution in [0.4, 0.5) is 13.6 Å². The number of hydrogen-bond acceptors (Lipinski definition) is 5. The number of nitrogens with one attached hydrogen (secondary N) is 2. The minimum absolute atomic E-state index is 0.0687. The standard InChI is InChI=1S/C30H32F2N4O5/c1-30(2)17-36(27(37)18-6-9-22(31)23(32)14-18)16-21(28(38)39)26-25(30)20-8-7-19(15-24(20)34-26)41-29(40)33-10-13-35-11-4-3-5-12-35/h6-9,14-16,34H,3-5,10-13,17H2,1-2H3,(H,33,40)(H,38,39). The van der Waals surface area contributed by atoms with Crippen LogP contribution >= 0.6 is 0 Å². The van der Waals surface area contributed by atoms with Crippen LogP contribution in [0.1, 0.15) is 54.7 Å². The number of benzene rings is 2. The summed E-state index contributed by atoms with van der Waals surface area (Å²) in [6.07, 6.45) is 4.21. The van der Waals surface area contributed by atoms with E-state index in [1.165, 1.54) is 30.4 Å². The number of carboxylic acid groups (broad SMARTS) is 1. The minimum atomic E-state index is -1.27. The highest BCUT2D eigenvalue weighted by Gasteiger charge is 2.37. The lowest BCUT2D eigenvalue weighted by atomic mass is 9.81. The number of ether oxygens (including phenoxy) is 1. The van der Waals surface area contributed by atoms with Gasteiger partial charge in [0, 0.05) is 53.8 Å². The summed E-state index contributed by atoms with van der Waals surface area (Å²) in [5, 5.41) is 13.6. The van der Waals surface area contributed by atoms with Crippen LogP contribution < -0.4 is 10.1 Å². The second kappa shape index (κ2) is 11.3. The van der Waals surface area contributed by atoms with Gasteiger partial charge in [-0.3, -0.25) is 4.79 Å². The number of aromatic nitrogens is 1. The average Bonchev–Trinajstić information content (AvgIpc) is 3.26. The van der Waals surface area contributed by atoms with E-state index < -0.39 is 35.0 Å². The van der Waals surface area contributed by atoms with E-state index in [2.05, 4.69) is 15.2 Å². The van der Waals surface area contributed by atoms with Crippen molar-refractivity contribution in [2.45, 2.75) is 38.5 Å². The summed E-state index contributed by atoms with van der Waals surface area (Å²) in [7, 11) is 0. The Labute approximate surface area is 235 Å². The Bertz CT molecular complexity index is 1540. The van der Waals surface area contributed by atoms with E-state index in [4.69, 9.17) is 4.74 Å². The molecule has 11 heteroatoms. The van der Waals surface area contributed by atoms with Gasteiger partial charge in [0.05, 0.1) is 11.3 Å². The van der Waals surface area contributed by atoms with Gasteiger partial charge in [0.2, 0.25) is 0 Å². The molecule has 0 unspecified atom stereocenters. The van der Waals surface area contributed by atoms with Crippen LogP contribution in [0.2, 0.25) is 0 Å². The molecule has 0 saturated carbocycles. The Kier molecular flexibility index (Phi) is 7.81. The van der Waals surface area contributed by atoms with Crippen molar-refractivity contribution in [1.82, 2.24) is 20.1 Å². The lowest BCUT2D eigenvalue weighted by Crippen LogP contribution is -2.38. The predicted molar refractivity (Wildman–Crippen MR) is 149 cm³/mol. The van der Waals surface area contributed by atoms with Crippen LogP contribution in [0.25, 0.3) is 16.5 Å². The highest BCUT2D eigenvalue weighted by molar-refractivity contribution is 6.17. The van der Waals surface area contributed by atoms with Gasteiger partial charge in [0.15, 0.2) is 11.6 Å². The Hall–Kier alpha value is -4.25. The van der Waals surface area contributed by atoms with Gasteiger partial charge in [0.1, 0.15) is 5.75 Å². The summed E-state index contributed by atoms with van der Waals surface area (Å²) in [5.41, 5.74) is 0.501. The number of hydrogen-bond donors (Lipinski definition) is 3. The molecule has 0 spiro atoms. The Morgan fingerprint density at radius 1 is 1.05 bits per heavy atom. The predicted octanol–water partition coefficient (Wildman–Crippen LogP) is 4.88. The van der Waals surface area contributed by atoms with E-state index in [0.717, 1.165) is 37.8 Å². The normalized spacial score (nSPS) is 17.0. The van der Waals surface area contributed by atoms with E-state index in [1.807, 2.05) is 13.8 Å². The largest absolute Gasteiger partial charge is 0.478 e. The molecule has 9 nitrogen and oxygen atoms in total. The lowest BCUT2D eigenvalue weighted by molar-refractivity contribution is -0.130. The molecule has 216 valence electrons. The third kappa shape index (κ3) is 5.95. The highest BCUT2D eigenvalue weighted by Crippen LogP contribution is 2.41. The minimum Gasteiger partial charge on any atom is -0.478 e. The number of carbonyl (C=O) groups is 3. The zero-order valence-electron chi connectivity index (χ0n) is 22.9. The lowest BCUT2D eigenvalue weighted by Gasteiger charge is -2.29. The second-order valence-corrected chi connectivity index (χ2v) is 11.1. The number of carbonyl (C=O) groups excluding carboxylic acids is 2.